The molecule has 2 rings (SSSR count). The van der Waals surface area contributed by atoms with Crippen LogP contribution in [-0.4, -0.2) is 26.9 Å². The van der Waals surface area contributed by atoms with Crippen LogP contribution in [0.5, 0.6) is 5.75 Å². The summed E-state index contributed by atoms with van der Waals surface area (Å²) in [4.78, 5) is 0. The molecule has 0 radical (unpaired) electrons. The second kappa shape index (κ2) is 6.42. The van der Waals surface area contributed by atoms with Gasteiger partial charge in [-0.15, -0.1) is 0 Å². The molecule has 4 nitrogen and oxygen atoms in total. The Balaban J connectivity index is 2.12. The number of benzene rings is 1. The molecular weight excluding hydrogens is 230 g/mol. The zero-order valence-electron chi connectivity index (χ0n) is 10.9. The van der Waals surface area contributed by atoms with E-state index in [1.807, 2.05) is 19.1 Å². The highest BCUT2D eigenvalue weighted by Gasteiger charge is 2.09. The van der Waals surface area contributed by atoms with Gasteiger partial charge in [-0.05, 0) is 13.0 Å². The summed E-state index contributed by atoms with van der Waals surface area (Å²) in [5.41, 5.74) is 1.96. The maximum absolute atomic E-state index is 5.59. The van der Waals surface area contributed by atoms with Gasteiger partial charge in [-0.3, -0.25) is 0 Å². The standard InChI is InChI=1S/C14H19NO3/c1-3-17-13-6-4-5-12-11(10-18-14(12)13)9-15-7-8-16-2/h4-6,10,15H,3,7-9H2,1-2H3. The summed E-state index contributed by atoms with van der Waals surface area (Å²) in [6.45, 7) is 4.91. The van der Waals surface area contributed by atoms with Gasteiger partial charge in [-0.25, -0.2) is 0 Å². The number of methoxy groups -OCH3 is 1. The Bertz CT molecular complexity index is 493. The molecule has 0 saturated heterocycles. The molecule has 0 aliphatic heterocycles. The van der Waals surface area contributed by atoms with Crippen molar-refractivity contribution in [3.8, 4) is 5.75 Å². The van der Waals surface area contributed by atoms with Gasteiger partial charge in [0.1, 0.15) is 0 Å². The smallest absolute Gasteiger partial charge is 0.176 e. The van der Waals surface area contributed by atoms with Crippen LogP contribution in [0, 0.1) is 0 Å². The molecule has 1 aromatic heterocycles. The Morgan fingerprint density at radius 3 is 3.00 bits per heavy atom. The van der Waals surface area contributed by atoms with Crippen molar-refractivity contribution in [1.82, 2.24) is 5.32 Å². The number of rotatable bonds is 7. The van der Waals surface area contributed by atoms with Crippen LogP contribution in [-0.2, 0) is 11.3 Å². The van der Waals surface area contributed by atoms with E-state index < -0.39 is 0 Å². The Morgan fingerprint density at radius 2 is 2.22 bits per heavy atom. The van der Waals surface area contributed by atoms with Crippen molar-refractivity contribution in [2.45, 2.75) is 13.5 Å². The maximum atomic E-state index is 5.59. The molecule has 0 aliphatic carbocycles. The molecule has 18 heavy (non-hydrogen) atoms. The second-order valence-electron chi connectivity index (χ2n) is 4.00. The molecule has 0 fully saturated rings. The first kappa shape index (κ1) is 12.9. The first-order valence-electron chi connectivity index (χ1n) is 6.18. The summed E-state index contributed by atoms with van der Waals surface area (Å²) in [5.74, 6) is 0.804. The number of hydrogen-bond donors (Lipinski definition) is 1. The van der Waals surface area contributed by atoms with Gasteiger partial charge >= 0.3 is 0 Å². The van der Waals surface area contributed by atoms with Gasteiger partial charge in [0.05, 0.1) is 19.5 Å². The number of nitrogens with one attached hydrogen (secondary N) is 1. The van der Waals surface area contributed by atoms with E-state index in [1.165, 1.54) is 0 Å². The first-order valence-corrected chi connectivity index (χ1v) is 6.18. The lowest BCUT2D eigenvalue weighted by atomic mass is 10.1. The first-order chi connectivity index (χ1) is 8.86. The van der Waals surface area contributed by atoms with Crippen LogP contribution in [0.4, 0.5) is 0 Å². The van der Waals surface area contributed by atoms with Crippen LogP contribution in [0.1, 0.15) is 12.5 Å². The summed E-state index contributed by atoms with van der Waals surface area (Å²) in [6, 6.07) is 5.97. The average Bonchev–Trinajstić information content (AvgIpc) is 2.80. The minimum absolute atomic E-state index is 0.640. The lowest BCUT2D eigenvalue weighted by Crippen LogP contribution is -2.18. The third-order valence-corrected chi connectivity index (χ3v) is 2.74. The molecule has 98 valence electrons. The largest absolute Gasteiger partial charge is 0.490 e. The van der Waals surface area contributed by atoms with Gasteiger partial charge in [-0.2, -0.15) is 0 Å². The Morgan fingerprint density at radius 1 is 1.33 bits per heavy atom. The van der Waals surface area contributed by atoms with Gasteiger partial charge < -0.3 is 19.2 Å². The normalized spacial score (nSPS) is 11.0. The van der Waals surface area contributed by atoms with Gasteiger partial charge in [0.2, 0.25) is 0 Å². The highest BCUT2D eigenvalue weighted by atomic mass is 16.5. The van der Waals surface area contributed by atoms with Crippen LogP contribution in [0.25, 0.3) is 11.0 Å². The predicted molar refractivity (Wildman–Crippen MR) is 71.0 cm³/mol. The van der Waals surface area contributed by atoms with Crippen LogP contribution in [0.2, 0.25) is 0 Å². The van der Waals surface area contributed by atoms with E-state index >= 15 is 0 Å². The predicted octanol–water partition coefficient (Wildman–Crippen LogP) is 2.57. The number of fused-ring (bicyclic) bond motifs is 1. The monoisotopic (exact) mass is 249 g/mol. The SMILES string of the molecule is CCOc1cccc2c(CNCCOC)coc12. The number of furan rings is 1. The molecule has 0 aliphatic rings. The highest BCUT2D eigenvalue weighted by molar-refractivity contribution is 5.86. The molecule has 2 aromatic rings. The minimum Gasteiger partial charge on any atom is -0.490 e. The van der Waals surface area contributed by atoms with Crippen molar-refractivity contribution < 1.29 is 13.9 Å². The molecular formula is C14H19NO3. The number of hydrogen-bond acceptors (Lipinski definition) is 4. The Hall–Kier alpha value is -1.52. The summed E-state index contributed by atoms with van der Waals surface area (Å²) >= 11 is 0. The van der Waals surface area contributed by atoms with Gasteiger partial charge in [0, 0.05) is 31.1 Å². The number of ether oxygens (including phenoxy) is 2. The van der Waals surface area contributed by atoms with Crippen molar-refractivity contribution >= 4 is 11.0 Å². The van der Waals surface area contributed by atoms with E-state index in [-0.39, 0.29) is 0 Å². The summed E-state index contributed by atoms with van der Waals surface area (Å²) in [6.07, 6.45) is 1.78. The zero-order chi connectivity index (χ0) is 12.8. The molecule has 0 unspecified atom stereocenters. The van der Waals surface area contributed by atoms with Gasteiger partial charge in [0.15, 0.2) is 11.3 Å². The fourth-order valence-electron chi connectivity index (χ4n) is 1.89. The minimum atomic E-state index is 0.640. The third-order valence-electron chi connectivity index (χ3n) is 2.74. The number of para-hydroxylation sites is 1. The molecule has 0 atom stereocenters. The lowest BCUT2D eigenvalue weighted by molar-refractivity contribution is 0.199. The molecule has 1 heterocycles. The third kappa shape index (κ3) is 2.83. The van der Waals surface area contributed by atoms with E-state index in [9.17, 15) is 0 Å². The molecule has 1 N–H and O–H groups in total. The fraction of sp³-hybridized carbons (Fsp3) is 0.429. The molecule has 0 saturated carbocycles. The second-order valence-corrected chi connectivity index (χ2v) is 4.00. The van der Waals surface area contributed by atoms with Crippen molar-refractivity contribution in [2.24, 2.45) is 0 Å². The van der Waals surface area contributed by atoms with E-state index in [0.717, 1.165) is 35.4 Å². The molecule has 4 heteroatoms. The van der Waals surface area contributed by atoms with Crippen LogP contribution >= 0.6 is 0 Å². The van der Waals surface area contributed by atoms with Crippen molar-refractivity contribution in [1.29, 1.82) is 0 Å². The molecule has 0 spiro atoms. The van der Waals surface area contributed by atoms with Crippen LogP contribution in [0.15, 0.2) is 28.9 Å². The van der Waals surface area contributed by atoms with E-state index in [4.69, 9.17) is 13.9 Å². The Labute approximate surface area is 107 Å². The average molecular weight is 249 g/mol. The molecule has 0 amide bonds. The summed E-state index contributed by atoms with van der Waals surface area (Å²) in [5, 5.41) is 4.41. The van der Waals surface area contributed by atoms with Gasteiger partial charge in [-0.1, -0.05) is 12.1 Å². The Kier molecular flexibility index (Phi) is 4.61. The van der Waals surface area contributed by atoms with Crippen molar-refractivity contribution in [3.05, 3.63) is 30.0 Å². The lowest BCUT2D eigenvalue weighted by Gasteiger charge is -2.04. The fourth-order valence-corrected chi connectivity index (χ4v) is 1.89. The zero-order valence-corrected chi connectivity index (χ0v) is 10.9. The van der Waals surface area contributed by atoms with Crippen molar-refractivity contribution in [3.63, 3.8) is 0 Å². The molecule has 0 bridgehead atoms. The van der Waals surface area contributed by atoms with E-state index in [0.29, 0.717) is 13.2 Å². The van der Waals surface area contributed by atoms with E-state index in [1.54, 1.807) is 13.4 Å². The highest BCUT2D eigenvalue weighted by Crippen LogP contribution is 2.29. The van der Waals surface area contributed by atoms with Crippen LogP contribution < -0.4 is 10.1 Å². The maximum Gasteiger partial charge on any atom is 0.176 e. The van der Waals surface area contributed by atoms with Gasteiger partial charge in [0.25, 0.3) is 0 Å². The summed E-state index contributed by atoms with van der Waals surface area (Å²) in [7, 11) is 1.70. The summed E-state index contributed by atoms with van der Waals surface area (Å²) < 4.78 is 16.1. The van der Waals surface area contributed by atoms with E-state index in [2.05, 4.69) is 11.4 Å². The topological polar surface area (TPSA) is 43.6 Å². The van der Waals surface area contributed by atoms with Crippen molar-refractivity contribution in [2.75, 3.05) is 26.9 Å². The van der Waals surface area contributed by atoms with Crippen LogP contribution in [0.3, 0.4) is 0 Å². The quantitative estimate of drug-likeness (QED) is 0.766. The molecule has 1 aromatic carbocycles.